The van der Waals surface area contributed by atoms with E-state index >= 15 is 0 Å². The highest BCUT2D eigenvalue weighted by molar-refractivity contribution is 5.84. The predicted octanol–water partition coefficient (Wildman–Crippen LogP) is 0.633. The molecular formula is C9H8N4O4. The molecule has 1 aromatic carbocycles. The summed E-state index contributed by atoms with van der Waals surface area (Å²) in [6.45, 7) is -0.152. The molecule has 0 unspecified atom stereocenters. The summed E-state index contributed by atoms with van der Waals surface area (Å²) in [5.74, 6) is -0.582. The Bertz CT molecular complexity index is 592. The Balaban J connectivity index is 2.39. The number of para-hydroxylation sites is 1. The first-order chi connectivity index (χ1) is 8.08. The van der Waals surface area contributed by atoms with Crippen LogP contribution in [0.4, 0.5) is 11.7 Å². The number of amides is 1. The zero-order valence-corrected chi connectivity index (χ0v) is 8.54. The van der Waals surface area contributed by atoms with Gasteiger partial charge in [0.05, 0.1) is 11.5 Å². The third kappa shape index (κ3) is 2.14. The average Bonchev–Trinajstić information content (AvgIpc) is 2.68. The number of nitrogens with zero attached hydrogens (tertiary/aromatic N) is 2. The van der Waals surface area contributed by atoms with Crippen molar-refractivity contribution in [2.24, 2.45) is 5.73 Å². The van der Waals surface area contributed by atoms with E-state index in [2.05, 4.69) is 10.3 Å². The Labute approximate surface area is 94.6 Å². The van der Waals surface area contributed by atoms with Crippen LogP contribution >= 0.6 is 0 Å². The smallest absolute Gasteiger partial charge is 0.298 e. The number of hydrogen-bond acceptors (Lipinski definition) is 6. The number of aromatic nitrogens is 1. The second-order valence-electron chi connectivity index (χ2n) is 3.22. The summed E-state index contributed by atoms with van der Waals surface area (Å²) in [6.07, 6.45) is 0. The quantitative estimate of drug-likeness (QED) is 0.592. The minimum absolute atomic E-state index is 0.0214. The van der Waals surface area contributed by atoms with Crippen molar-refractivity contribution in [1.29, 1.82) is 0 Å². The van der Waals surface area contributed by atoms with Crippen molar-refractivity contribution in [3.63, 3.8) is 0 Å². The minimum atomic E-state index is -0.582. The highest BCUT2D eigenvalue weighted by Gasteiger charge is 2.17. The van der Waals surface area contributed by atoms with Gasteiger partial charge in [-0.25, -0.2) is 0 Å². The first kappa shape index (κ1) is 10.9. The summed E-state index contributed by atoms with van der Waals surface area (Å²) in [5, 5.41) is 13.2. The van der Waals surface area contributed by atoms with E-state index in [0.717, 1.165) is 0 Å². The van der Waals surface area contributed by atoms with Crippen LogP contribution in [0.3, 0.4) is 0 Å². The number of fused-ring (bicyclic) bond motifs is 1. The van der Waals surface area contributed by atoms with Gasteiger partial charge in [-0.2, -0.15) is 4.98 Å². The Kier molecular flexibility index (Phi) is 2.61. The highest BCUT2D eigenvalue weighted by atomic mass is 16.6. The first-order valence-electron chi connectivity index (χ1n) is 4.64. The molecular weight excluding hydrogens is 228 g/mol. The SMILES string of the molecule is NC(=O)CNc1nc2c([N+](=O)[O-])cccc2o1. The van der Waals surface area contributed by atoms with Crippen LogP contribution in [0.2, 0.25) is 0 Å². The van der Waals surface area contributed by atoms with E-state index in [4.69, 9.17) is 10.2 Å². The lowest BCUT2D eigenvalue weighted by Crippen LogP contribution is -2.21. The molecule has 8 heteroatoms. The van der Waals surface area contributed by atoms with Crippen LogP contribution in [0, 0.1) is 10.1 Å². The molecule has 0 radical (unpaired) electrons. The molecule has 17 heavy (non-hydrogen) atoms. The third-order valence-electron chi connectivity index (χ3n) is 2.01. The summed E-state index contributed by atoms with van der Waals surface area (Å²) in [4.78, 5) is 24.6. The van der Waals surface area contributed by atoms with E-state index in [0.29, 0.717) is 0 Å². The lowest BCUT2D eigenvalue weighted by Gasteiger charge is -1.94. The maximum atomic E-state index is 10.7. The number of oxazole rings is 1. The van der Waals surface area contributed by atoms with Crippen LogP contribution in [0.15, 0.2) is 22.6 Å². The molecule has 1 amide bonds. The van der Waals surface area contributed by atoms with Crippen molar-refractivity contribution in [2.75, 3.05) is 11.9 Å². The van der Waals surface area contributed by atoms with Gasteiger partial charge in [-0.3, -0.25) is 14.9 Å². The van der Waals surface area contributed by atoms with Crippen molar-refractivity contribution >= 4 is 28.7 Å². The van der Waals surface area contributed by atoms with Crippen molar-refractivity contribution in [2.45, 2.75) is 0 Å². The van der Waals surface area contributed by atoms with Crippen molar-refractivity contribution in [3.8, 4) is 0 Å². The Hall–Kier alpha value is -2.64. The summed E-state index contributed by atoms with van der Waals surface area (Å²) < 4.78 is 5.17. The number of primary amides is 1. The lowest BCUT2D eigenvalue weighted by atomic mass is 10.3. The monoisotopic (exact) mass is 236 g/mol. The van der Waals surface area contributed by atoms with Gasteiger partial charge in [-0.05, 0) is 6.07 Å². The normalized spacial score (nSPS) is 10.4. The average molecular weight is 236 g/mol. The maximum absolute atomic E-state index is 10.7. The van der Waals surface area contributed by atoms with Gasteiger partial charge in [-0.1, -0.05) is 6.07 Å². The van der Waals surface area contributed by atoms with Crippen molar-refractivity contribution in [3.05, 3.63) is 28.3 Å². The number of anilines is 1. The summed E-state index contributed by atoms with van der Waals surface area (Å²) in [6, 6.07) is 4.38. The largest absolute Gasteiger partial charge is 0.423 e. The molecule has 0 bridgehead atoms. The molecule has 0 aliphatic rings. The number of rotatable bonds is 4. The van der Waals surface area contributed by atoms with Crippen molar-refractivity contribution in [1.82, 2.24) is 4.98 Å². The lowest BCUT2D eigenvalue weighted by molar-refractivity contribution is -0.383. The van der Waals surface area contributed by atoms with Gasteiger partial charge < -0.3 is 15.5 Å². The molecule has 2 aromatic rings. The fourth-order valence-corrected chi connectivity index (χ4v) is 1.32. The molecule has 1 aromatic heterocycles. The van der Waals surface area contributed by atoms with Gasteiger partial charge in [0.15, 0.2) is 11.1 Å². The molecule has 0 fully saturated rings. The number of non-ortho nitro benzene ring substituents is 1. The molecule has 2 rings (SSSR count). The number of carbonyl (C=O) groups is 1. The number of nitro benzene ring substituents is 1. The molecule has 8 nitrogen and oxygen atoms in total. The van der Waals surface area contributed by atoms with Crippen LogP contribution in [-0.2, 0) is 4.79 Å². The number of benzene rings is 1. The minimum Gasteiger partial charge on any atom is -0.423 e. The predicted molar refractivity (Wildman–Crippen MR) is 58.3 cm³/mol. The second-order valence-corrected chi connectivity index (χ2v) is 3.22. The van der Waals surface area contributed by atoms with Gasteiger partial charge in [0, 0.05) is 6.07 Å². The van der Waals surface area contributed by atoms with Gasteiger partial charge >= 0.3 is 0 Å². The summed E-state index contributed by atoms with van der Waals surface area (Å²) >= 11 is 0. The topological polar surface area (TPSA) is 124 Å². The number of hydrogen-bond donors (Lipinski definition) is 2. The Morgan fingerprint density at radius 1 is 1.59 bits per heavy atom. The second kappa shape index (κ2) is 4.08. The van der Waals surface area contributed by atoms with Crippen LogP contribution in [0.1, 0.15) is 0 Å². The standard InChI is InChI=1S/C9H8N4O4/c10-7(14)4-11-9-12-8-5(13(15)16)2-1-3-6(8)17-9/h1-3H,4H2,(H2,10,14)(H,11,12). The molecule has 0 spiro atoms. The maximum Gasteiger partial charge on any atom is 0.298 e. The van der Waals surface area contributed by atoms with E-state index in [-0.39, 0.29) is 29.3 Å². The van der Waals surface area contributed by atoms with E-state index in [1.807, 2.05) is 0 Å². The fourth-order valence-electron chi connectivity index (χ4n) is 1.32. The molecule has 0 aliphatic heterocycles. The fraction of sp³-hybridized carbons (Fsp3) is 0.111. The number of nitrogens with two attached hydrogens (primary N) is 1. The third-order valence-corrected chi connectivity index (χ3v) is 2.01. The highest BCUT2D eigenvalue weighted by Crippen LogP contribution is 2.26. The Morgan fingerprint density at radius 3 is 3.00 bits per heavy atom. The van der Waals surface area contributed by atoms with Crippen molar-refractivity contribution < 1.29 is 14.1 Å². The Morgan fingerprint density at radius 2 is 2.35 bits per heavy atom. The number of nitrogens with one attached hydrogen (secondary N) is 1. The summed E-state index contributed by atoms with van der Waals surface area (Å²) in [7, 11) is 0. The van der Waals surface area contributed by atoms with E-state index in [1.165, 1.54) is 12.1 Å². The van der Waals surface area contributed by atoms with Crippen LogP contribution in [-0.4, -0.2) is 22.4 Å². The molecule has 0 saturated carbocycles. The van der Waals surface area contributed by atoms with E-state index in [9.17, 15) is 14.9 Å². The summed E-state index contributed by atoms with van der Waals surface area (Å²) in [5.41, 5.74) is 5.18. The molecule has 0 aliphatic carbocycles. The van der Waals surface area contributed by atoms with Gasteiger partial charge in [0.2, 0.25) is 5.91 Å². The number of carbonyl (C=O) groups excluding carboxylic acids is 1. The molecule has 3 N–H and O–H groups in total. The van der Waals surface area contributed by atoms with Gasteiger partial charge in [0.25, 0.3) is 11.7 Å². The zero-order valence-electron chi connectivity index (χ0n) is 8.54. The first-order valence-corrected chi connectivity index (χ1v) is 4.64. The number of nitro groups is 1. The van der Waals surface area contributed by atoms with Gasteiger partial charge in [0.1, 0.15) is 0 Å². The zero-order chi connectivity index (χ0) is 12.4. The molecule has 0 saturated heterocycles. The van der Waals surface area contributed by atoms with E-state index < -0.39 is 10.8 Å². The van der Waals surface area contributed by atoms with E-state index in [1.54, 1.807) is 6.07 Å². The van der Waals surface area contributed by atoms with Crippen LogP contribution in [0.25, 0.3) is 11.1 Å². The van der Waals surface area contributed by atoms with Crippen LogP contribution < -0.4 is 11.1 Å². The molecule has 0 atom stereocenters. The van der Waals surface area contributed by atoms with Gasteiger partial charge in [-0.15, -0.1) is 0 Å². The molecule has 88 valence electrons. The van der Waals surface area contributed by atoms with Crippen LogP contribution in [0.5, 0.6) is 0 Å². The molecule has 1 heterocycles.